The summed E-state index contributed by atoms with van der Waals surface area (Å²) in [5, 5.41) is 0. The third kappa shape index (κ3) is 15.9. The van der Waals surface area contributed by atoms with E-state index in [1.807, 2.05) is 0 Å². The van der Waals surface area contributed by atoms with E-state index in [-0.39, 0.29) is 0 Å². The molecule has 0 spiro atoms. The molecule has 0 atom stereocenters. The minimum Gasteiger partial charge on any atom is -0.307 e. The van der Waals surface area contributed by atoms with Crippen LogP contribution in [0.4, 0.5) is 0 Å². The van der Waals surface area contributed by atoms with Gasteiger partial charge in [-0.15, -0.1) is 0 Å². The highest BCUT2D eigenvalue weighted by Gasteiger charge is 1.98. The SMILES string of the molecule is CCCN(C)CC.CCCN(CCC)CCC. The van der Waals surface area contributed by atoms with Crippen LogP contribution in [0.25, 0.3) is 0 Å². The second-order valence-electron chi connectivity index (χ2n) is 4.74. The maximum absolute atomic E-state index is 2.54. The lowest BCUT2D eigenvalue weighted by atomic mass is 10.3. The third-order valence-electron chi connectivity index (χ3n) is 2.76. The topological polar surface area (TPSA) is 6.48 Å². The average molecular weight is 244 g/mol. The molecule has 0 saturated carbocycles. The Morgan fingerprint density at radius 1 is 0.588 bits per heavy atom. The Labute approximate surface area is 110 Å². The van der Waals surface area contributed by atoms with Crippen LogP contribution in [0.3, 0.4) is 0 Å². The van der Waals surface area contributed by atoms with Crippen LogP contribution in [0.2, 0.25) is 0 Å². The first-order valence-corrected chi connectivity index (χ1v) is 7.56. The second-order valence-corrected chi connectivity index (χ2v) is 4.74. The Balaban J connectivity index is 0. The van der Waals surface area contributed by atoms with Gasteiger partial charge in [0.05, 0.1) is 0 Å². The van der Waals surface area contributed by atoms with Gasteiger partial charge in [-0.2, -0.15) is 0 Å². The summed E-state index contributed by atoms with van der Waals surface area (Å²) in [6.07, 6.45) is 5.14. The Bertz CT molecular complexity index is 112. The van der Waals surface area contributed by atoms with Crippen LogP contribution in [0.1, 0.15) is 60.3 Å². The summed E-state index contributed by atoms with van der Waals surface area (Å²) in [4.78, 5) is 4.85. The molecule has 0 aliphatic heterocycles. The summed E-state index contributed by atoms with van der Waals surface area (Å²) in [6, 6.07) is 0. The number of hydrogen-bond acceptors (Lipinski definition) is 2. The Kier molecular flexibility index (Phi) is 18.0. The van der Waals surface area contributed by atoms with Crippen LogP contribution in [0, 0.1) is 0 Å². The molecule has 0 aromatic rings. The molecule has 0 fully saturated rings. The fourth-order valence-electron chi connectivity index (χ4n) is 1.82. The van der Waals surface area contributed by atoms with Gasteiger partial charge in [0, 0.05) is 0 Å². The quantitative estimate of drug-likeness (QED) is 0.607. The largest absolute Gasteiger partial charge is 0.307 e. The molecule has 0 bridgehead atoms. The molecule has 0 N–H and O–H groups in total. The van der Waals surface area contributed by atoms with Gasteiger partial charge in [-0.1, -0.05) is 34.6 Å². The highest BCUT2D eigenvalue weighted by molar-refractivity contribution is 4.53. The third-order valence-corrected chi connectivity index (χ3v) is 2.76. The van der Waals surface area contributed by atoms with Gasteiger partial charge in [-0.3, -0.25) is 0 Å². The molecule has 0 radical (unpaired) electrons. The molecule has 0 heterocycles. The molecule has 0 rings (SSSR count). The fraction of sp³-hybridized carbons (Fsp3) is 1.00. The first kappa shape index (κ1) is 19.3. The van der Waals surface area contributed by atoms with Gasteiger partial charge in [-0.25, -0.2) is 0 Å². The van der Waals surface area contributed by atoms with E-state index in [2.05, 4.69) is 51.5 Å². The van der Waals surface area contributed by atoms with E-state index in [9.17, 15) is 0 Å². The average Bonchev–Trinajstić information content (AvgIpc) is 2.31. The zero-order chi connectivity index (χ0) is 13.5. The smallest absolute Gasteiger partial charge is 0.00214 e. The second kappa shape index (κ2) is 15.9. The van der Waals surface area contributed by atoms with E-state index in [0.29, 0.717) is 0 Å². The van der Waals surface area contributed by atoms with E-state index in [1.165, 1.54) is 58.4 Å². The number of hydrogen-bond donors (Lipinski definition) is 0. The Hall–Kier alpha value is -0.0800. The maximum Gasteiger partial charge on any atom is -0.00214 e. The summed E-state index contributed by atoms with van der Waals surface area (Å²) >= 11 is 0. The van der Waals surface area contributed by atoms with Crippen molar-refractivity contribution in [2.45, 2.75) is 60.3 Å². The van der Waals surface area contributed by atoms with Crippen molar-refractivity contribution in [3.05, 3.63) is 0 Å². The van der Waals surface area contributed by atoms with Crippen molar-refractivity contribution in [1.29, 1.82) is 0 Å². The van der Waals surface area contributed by atoms with Gasteiger partial charge in [0.25, 0.3) is 0 Å². The molecule has 0 aliphatic carbocycles. The van der Waals surface area contributed by atoms with Crippen LogP contribution in [-0.2, 0) is 0 Å². The Morgan fingerprint density at radius 3 is 1.12 bits per heavy atom. The van der Waals surface area contributed by atoms with E-state index in [1.54, 1.807) is 0 Å². The van der Waals surface area contributed by atoms with Crippen molar-refractivity contribution >= 4 is 0 Å². The zero-order valence-electron chi connectivity index (χ0n) is 13.3. The fourth-order valence-corrected chi connectivity index (χ4v) is 1.82. The van der Waals surface area contributed by atoms with Gasteiger partial charge in [0.1, 0.15) is 0 Å². The molecular formula is C15H36N2. The highest BCUT2D eigenvalue weighted by atomic mass is 15.1. The van der Waals surface area contributed by atoms with Gasteiger partial charge >= 0.3 is 0 Å². The van der Waals surface area contributed by atoms with Gasteiger partial charge in [0.15, 0.2) is 0 Å². The van der Waals surface area contributed by atoms with Crippen LogP contribution < -0.4 is 0 Å². The lowest BCUT2D eigenvalue weighted by Crippen LogP contribution is -2.25. The van der Waals surface area contributed by atoms with Crippen molar-refractivity contribution in [2.24, 2.45) is 0 Å². The molecule has 2 nitrogen and oxygen atoms in total. The molecule has 0 amide bonds. The highest BCUT2D eigenvalue weighted by Crippen LogP contribution is 1.94. The van der Waals surface area contributed by atoms with Gasteiger partial charge < -0.3 is 9.80 Å². The van der Waals surface area contributed by atoms with Crippen LogP contribution in [-0.4, -0.2) is 49.6 Å². The predicted octanol–water partition coefficient (Wildman–Crippen LogP) is 3.87. The normalized spacial score (nSPS) is 10.6. The molecule has 2 heteroatoms. The monoisotopic (exact) mass is 244 g/mol. The lowest BCUT2D eigenvalue weighted by molar-refractivity contribution is 0.275. The van der Waals surface area contributed by atoms with E-state index < -0.39 is 0 Å². The first-order chi connectivity index (χ1) is 8.15. The Morgan fingerprint density at radius 2 is 0.941 bits per heavy atom. The van der Waals surface area contributed by atoms with Crippen LogP contribution >= 0.6 is 0 Å². The van der Waals surface area contributed by atoms with Crippen LogP contribution in [0.15, 0.2) is 0 Å². The van der Waals surface area contributed by atoms with Crippen LogP contribution in [0.5, 0.6) is 0 Å². The molecule has 0 saturated heterocycles. The van der Waals surface area contributed by atoms with Gasteiger partial charge in [0.2, 0.25) is 0 Å². The summed E-state index contributed by atoms with van der Waals surface area (Å²) in [5.74, 6) is 0. The molecule has 0 aliphatic rings. The lowest BCUT2D eigenvalue weighted by Gasteiger charge is -2.19. The summed E-state index contributed by atoms with van der Waals surface area (Å²) in [5.41, 5.74) is 0. The van der Waals surface area contributed by atoms with E-state index >= 15 is 0 Å². The number of rotatable bonds is 9. The number of nitrogens with zero attached hydrogens (tertiary/aromatic N) is 2. The van der Waals surface area contributed by atoms with Crippen molar-refractivity contribution in [1.82, 2.24) is 9.80 Å². The maximum atomic E-state index is 2.54. The predicted molar refractivity (Wildman–Crippen MR) is 80.8 cm³/mol. The van der Waals surface area contributed by atoms with Crippen molar-refractivity contribution in [2.75, 3.05) is 39.8 Å². The molecule has 106 valence electrons. The minimum atomic E-state index is 1.17. The van der Waals surface area contributed by atoms with Crippen molar-refractivity contribution in [3.8, 4) is 0 Å². The summed E-state index contributed by atoms with van der Waals surface area (Å²) in [6.45, 7) is 17.4. The molecule has 0 aromatic carbocycles. The molecular weight excluding hydrogens is 208 g/mol. The summed E-state index contributed by atoms with van der Waals surface area (Å²) < 4.78 is 0. The first-order valence-electron chi connectivity index (χ1n) is 7.56. The van der Waals surface area contributed by atoms with Gasteiger partial charge in [-0.05, 0) is 65.5 Å². The van der Waals surface area contributed by atoms with E-state index in [0.717, 1.165) is 0 Å². The minimum absolute atomic E-state index is 1.17. The molecule has 17 heavy (non-hydrogen) atoms. The molecule has 0 unspecified atom stereocenters. The van der Waals surface area contributed by atoms with E-state index in [4.69, 9.17) is 0 Å². The zero-order valence-corrected chi connectivity index (χ0v) is 13.3. The van der Waals surface area contributed by atoms with Crippen molar-refractivity contribution in [3.63, 3.8) is 0 Å². The van der Waals surface area contributed by atoms with Crippen molar-refractivity contribution < 1.29 is 0 Å². The summed E-state index contributed by atoms with van der Waals surface area (Å²) in [7, 11) is 2.14. The standard InChI is InChI=1S/C9H21N.C6H15N/c1-4-7-10(8-5-2)9-6-3;1-4-6-7(3)5-2/h4-9H2,1-3H3;4-6H2,1-3H3. The molecule has 0 aromatic heterocycles.